The third-order valence-corrected chi connectivity index (χ3v) is 10.8. The van der Waals surface area contributed by atoms with Crippen LogP contribution < -0.4 is 4.89 Å². The van der Waals surface area contributed by atoms with Crippen molar-refractivity contribution in [3.05, 3.63) is 146 Å². The number of likely N-dealkylation sites (N-methyl/N-ethyl adjacent to an activating group) is 1. The minimum absolute atomic E-state index is 0.0534. The Kier molecular flexibility index (Phi) is 45.0. The highest BCUT2D eigenvalue weighted by Crippen LogP contribution is 2.38. The number of carbonyl (C=O) groups excluding carboxylic acids is 2. The molecule has 0 amide bonds. The summed E-state index contributed by atoms with van der Waals surface area (Å²) in [6.07, 6.45) is 70.3. The van der Waals surface area contributed by atoms with Gasteiger partial charge in [0.05, 0.1) is 27.7 Å². The van der Waals surface area contributed by atoms with E-state index in [9.17, 15) is 19.0 Å². The van der Waals surface area contributed by atoms with Gasteiger partial charge in [-0.05, 0) is 116 Å². The van der Waals surface area contributed by atoms with E-state index in [2.05, 4.69) is 160 Å². The van der Waals surface area contributed by atoms with E-state index in [0.29, 0.717) is 23.9 Å². The van der Waals surface area contributed by atoms with Gasteiger partial charge in [0.25, 0.3) is 7.82 Å². The topological polar surface area (TPSA) is 111 Å². The number of carbonyl (C=O) groups is 2. The van der Waals surface area contributed by atoms with E-state index in [0.717, 1.165) is 116 Å². The molecule has 0 saturated carbocycles. The zero-order valence-corrected chi connectivity index (χ0v) is 43.9. The first-order valence-electron chi connectivity index (χ1n) is 25.5. The molecular weight excluding hydrogens is 870 g/mol. The second-order valence-corrected chi connectivity index (χ2v) is 18.8. The molecule has 0 aromatic heterocycles. The van der Waals surface area contributed by atoms with Gasteiger partial charge in [-0.3, -0.25) is 14.2 Å². The number of hydrogen-bond donors (Lipinski definition) is 0. The number of unbranched alkanes of at least 4 members (excludes halogenated alkanes) is 6. The van der Waals surface area contributed by atoms with Crippen molar-refractivity contribution in [1.29, 1.82) is 0 Å². The van der Waals surface area contributed by atoms with Crippen LogP contribution in [-0.2, 0) is 32.7 Å². The summed E-state index contributed by atoms with van der Waals surface area (Å²) in [6.45, 7) is 3.89. The summed E-state index contributed by atoms with van der Waals surface area (Å²) in [4.78, 5) is 37.7. The highest BCUT2D eigenvalue weighted by molar-refractivity contribution is 7.45. The molecule has 2 unspecified atom stereocenters. The normalized spacial score (nSPS) is 14.6. The molecule has 0 aliphatic carbocycles. The van der Waals surface area contributed by atoms with Crippen molar-refractivity contribution >= 4 is 19.8 Å². The van der Waals surface area contributed by atoms with Crippen LogP contribution >= 0.6 is 7.82 Å². The van der Waals surface area contributed by atoms with Gasteiger partial charge in [-0.15, -0.1) is 0 Å². The predicted octanol–water partition coefficient (Wildman–Crippen LogP) is 14.9. The van der Waals surface area contributed by atoms with Crippen LogP contribution in [0.5, 0.6) is 0 Å². The van der Waals surface area contributed by atoms with Crippen LogP contribution in [0, 0.1) is 0 Å². The van der Waals surface area contributed by atoms with Gasteiger partial charge in [-0.25, -0.2) is 0 Å². The molecule has 0 fully saturated rings. The Hall–Kier alpha value is -4.11. The summed E-state index contributed by atoms with van der Waals surface area (Å²) in [5.74, 6) is -0.930. The number of nitrogens with zero attached hydrogens (tertiary/aromatic N) is 1. The van der Waals surface area contributed by atoms with Gasteiger partial charge in [-0.2, -0.15) is 0 Å². The summed E-state index contributed by atoms with van der Waals surface area (Å²) >= 11 is 0. The minimum Gasteiger partial charge on any atom is -0.756 e. The van der Waals surface area contributed by atoms with Gasteiger partial charge in [0, 0.05) is 12.8 Å². The van der Waals surface area contributed by atoms with Gasteiger partial charge in [0.1, 0.15) is 19.8 Å². The fraction of sp³-hybridized carbons (Fsp3) is 0.552. The molecule has 382 valence electrons. The SMILES string of the molecule is CC/C=C\C/C=C\C/C=C\C/C=C\C/C=C\C/C=C\C/C=C\C/C=C\CCCCC(=O)OC(COC(=O)CCCCCC/C=C\C/C=C\C/C=C\C/C=C\CC)COP(=O)([O-])OCC[N+](C)(C)C. The first-order chi connectivity index (χ1) is 33.0. The van der Waals surface area contributed by atoms with E-state index < -0.39 is 32.5 Å². The molecule has 0 aliphatic heterocycles. The number of hydrogen-bond acceptors (Lipinski definition) is 8. The van der Waals surface area contributed by atoms with Crippen molar-refractivity contribution in [2.75, 3.05) is 47.5 Å². The predicted molar refractivity (Wildman–Crippen MR) is 286 cm³/mol. The maximum Gasteiger partial charge on any atom is 0.306 e. The van der Waals surface area contributed by atoms with Crippen molar-refractivity contribution in [3.63, 3.8) is 0 Å². The molecule has 0 spiro atoms. The van der Waals surface area contributed by atoms with E-state index in [1.807, 2.05) is 21.1 Å². The highest BCUT2D eigenvalue weighted by Gasteiger charge is 2.21. The van der Waals surface area contributed by atoms with Crippen LogP contribution in [0.15, 0.2) is 146 Å². The maximum absolute atomic E-state index is 12.7. The fourth-order valence-corrected chi connectivity index (χ4v) is 6.68. The van der Waals surface area contributed by atoms with Gasteiger partial charge in [0.2, 0.25) is 0 Å². The molecule has 0 heterocycles. The second kappa shape index (κ2) is 47.9. The number of rotatable bonds is 44. The number of phosphoric acid groups is 1. The lowest BCUT2D eigenvalue weighted by Crippen LogP contribution is -2.37. The van der Waals surface area contributed by atoms with Crippen LogP contribution in [0.25, 0.3) is 0 Å². The number of allylic oxidation sites excluding steroid dienone is 24. The molecule has 0 rings (SSSR count). The average Bonchev–Trinajstić information content (AvgIpc) is 3.30. The quantitative estimate of drug-likeness (QED) is 0.0195. The lowest BCUT2D eigenvalue weighted by atomic mass is 10.1. The maximum atomic E-state index is 12.7. The first kappa shape index (κ1) is 63.9. The Morgan fingerprint density at radius 3 is 1.19 bits per heavy atom. The largest absolute Gasteiger partial charge is 0.756 e. The highest BCUT2D eigenvalue weighted by atomic mass is 31.2. The molecule has 0 aromatic rings. The van der Waals surface area contributed by atoms with Gasteiger partial charge >= 0.3 is 11.9 Å². The Morgan fingerprint density at radius 1 is 0.456 bits per heavy atom. The Labute approximate surface area is 414 Å². The second-order valence-electron chi connectivity index (χ2n) is 17.4. The zero-order valence-electron chi connectivity index (χ0n) is 43.0. The van der Waals surface area contributed by atoms with Crippen molar-refractivity contribution < 1.29 is 42.1 Å². The minimum atomic E-state index is -4.66. The summed E-state index contributed by atoms with van der Waals surface area (Å²) in [5.41, 5.74) is 0. The first-order valence-corrected chi connectivity index (χ1v) is 27.0. The molecular formula is C58H92NO8P. The van der Waals surface area contributed by atoms with E-state index in [1.165, 1.54) is 0 Å². The smallest absolute Gasteiger partial charge is 0.306 e. The lowest BCUT2D eigenvalue weighted by molar-refractivity contribution is -0.870. The third kappa shape index (κ3) is 51.3. The summed E-state index contributed by atoms with van der Waals surface area (Å²) in [5, 5.41) is 0. The Morgan fingerprint density at radius 2 is 0.794 bits per heavy atom. The molecule has 2 atom stereocenters. The van der Waals surface area contributed by atoms with Crippen LogP contribution in [-0.4, -0.2) is 70.0 Å². The van der Waals surface area contributed by atoms with Crippen LogP contribution in [0.4, 0.5) is 0 Å². The average molecular weight is 962 g/mol. The van der Waals surface area contributed by atoms with E-state index >= 15 is 0 Å². The van der Waals surface area contributed by atoms with E-state index in [-0.39, 0.29) is 26.1 Å². The van der Waals surface area contributed by atoms with Crippen molar-refractivity contribution in [2.45, 2.75) is 161 Å². The fourth-order valence-electron chi connectivity index (χ4n) is 5.95. The molecule has 0 bridgehead atoms. The molecule has 9 nitrogen and oxygen atoms in total. The van der Waals surface area contributed by atoms with Crippen LogP contribution in [0.1, 0.15) is 155 Å². The number of phosphoric ester groups is 1. The monoisotopic (exact) mass is 962 g/mol. The standard InChI is InChI=1S/C58H92NO8P/c1-6-8-10-12-14-16-18-20-22-24-25-26-27-28-29-30-31-32-33-35-37-39-41-43-45-47-49-51-58(61)67-56(55-66-68(62,63)65-53-52-59(3,4)5)54-64-57(60)50-48-46-44-42-40-38-36-34-23-21-19-17-15-13-11-9-7-2/h8-11,14-17,20-23,25-26,28-29,31-32,35-38,41,43,56H,6-7,12-13,18-19,24,27,30,33-34,39-40,42,44-55H2,1-5H3/b10-8-,11-9-,16-14-,17-15-,22-20-,23-21-,26-25-,29-28-,32-31-,37-35-,38-36-,43-41-. The van der Waals surface area contributed by atoms with Crippen molar-refractivity contribution in [1.82, 2.24) is 0 Å². The summed E-state index contributed by atoms with van der Waals surface area (Å²) < 4.78 is 33.9. The Bertz CT molecular complexity index is 1650. The number of quaternary nitrogens is 1. The number of ether oxygens (including phenoxy) is 2. The van der Waals surface area contributed by atoms with Gasteiger partial charge in [-0.1, -0.05) is 173 Å². The molecule has 0 aromatic carbocycles. The Balaban J connectivity index is 4.43. The molecule has 0 radical (unpaired) electrons. The zero-order chi connectivity index (χ0) is 49.9. The van der Waals surface area contributed by atoms with Crippen molar-refractivity contribution in [3.8, 4) is 0 Å². The van der Waals surface area contributed by atoms with E-state index in [1.54, 1.807) is 0 Å². The number of esters is 2. The molecule has 0 saturated heterocycles. The van der Waals surface area contributed by atoms with Gasteiger partial charge in [0.15, 0.2) is 6.10 Å². The summed E-state index contributed by atoms with van der Waals surface area (Å²) in [6, 6.07) is 0. The third-order valence-electron chi connectivity index (χ3n) is 9.85. The molecule has 68 heavy (non-hydrogen) atoms. The molecule has 0 aliphatic rings. The van der Waals surface area contributed by atoms with Gasteiger partial charge < -0.3 is 27.9 Å². The lowest BCUT2D eigenvalue weighted by Gasteiger charge is -2.28. The molecule has 10 heteroatoms. The molecule has 0 N–H and O–H groups in total. The van der Waals surface area contributed by atoms with E-state index in [4.69, 9.17) is 18.5 Å². The van der Waals surface area contributed by atoms with Crippen LogP contribution in [0.2, 0.25) is 0 Å². The summed E-state index contributed by atoms with van der Waals surface area (Å²) in [7, 11) is 1.09. The van der Waals surface area contributed by atoms with Crippen LogP contribution in [0.3, 0.4) is 0 Å². The van der Waals surface area contributed by atoms with Crippen molar-refractivity contribution in [2.24, 2.45) is 0 Å².